The van der Waals surface area contributed by atoms with E-state index >= 15 is 0 Å². The van der Waals surface area contributed by atoms with E-state index in [1.54, 1.807) is 0 Å². The molecule has 0 spiro atoms. The van der Waals surface area contributed by atoms with Gasteiger partial charge in [-0.2, -0.15) is 0 Å². The van der Waals surface area contributed by atoms with Crippen LogP contribution >= 0.6 is 0 Å². The Balaban J connectivity index is 1.85. The highest BCUT2D eigenvalue weighted by atomic mass is 16.2. The predicted octanol–water partition coefficient (Wildman–Crippen LogP) is 2.17. The van der Waals surface area contributed by atoms with Crippen molar-refractivity contribution < 1.29 is 4.79 Å². The highest BCUT2D eigenvalue weighted by molar-refractivity contribution is 5.84. The van der Waals surface area contributed by atoms with E-state index in [1.807, 2.05) is 0 Å². The van der Waals surface area contributed by atoms with E-state index < -0.39 is 0 Å². The third-order valence-electron chi connectivity index (χ3n) is 4.09. The molecule has 2 atom stereocenters. The van der Waals surface area contributed by atoms with Crippen molar-refractivity contribution in [1.29, 1.82) is 0 Å². The Bertz CT molecular complexity index is 263. The molecule has 1 N–H and O–H groups in total. The summed E-state index contributed by atoms with van der Waals surface area (Å²) in [5.41, 5.74) is 0. The number of rotatable bonds is 7. The smallest absolute Gasteiger partial charge is 0.240 e. The lowest BCUT2D eigenvalue weighted by Crippen LogP contribution is -2.43. The summed E-state index contributed by atoms with van der Waals surface area (Å²) in [4.78, 5) is 14.4. The normalized spacial score (nSPS) is 26.6. The van der Waals surface area contributed by atoms with E-state index in [0.717, 1.165) is 38.3 Å². The Morgan fingerprint density at radius 3 is 2.71 bits per heavy atom. The summed E-state index contributed by atoms with van der Waals surface area (Å²) in [6.07, 6.45) is 7.22. The summed E-state index contributed by atoms with van der Waals surface area (Å²) in [5.74, 6) is 1.27. The molecule has 98 valence electrons. The topological polar surface area (TPSA) is 32.3 Å². The van der Waals surface area contributed by atoms with Gasteiger partial charge in [0.05, 0.1) is 6.04 Å². The van der Waals surface area contributed by atoms with Gasteiger partial charge in [0.1, 0.15) is 0 Å². The number of carbonyl (C=O) groups excluding carboxylic acids is 1. The summed E-state index contributed by atoms with van der Waals surface area (Å²) in [7, 11) is 0. The van der Waals surface area contributed by atoms with Gasteiger partial charge in [-0.1, -0.05) is 26.7 Å². The van der Waals surface area contributed by atoms with Crippen molar-refractivity contribution in [3.05, 3.63) is 0 Å². The van der Waals surface area contributed by atoms with Crippen LogP contribution in [0.3, 0.4) is 0 Å². The van der Waals surface area contributed by atoms with E-state index in [-0.39, 0.29) is 6.04 Å². The second kappa shape index (κ2) is 5.85. The van der Waals surface area contributed by atoms with Crippen LogP contribution in [0.2, 0.25) is 0 Å². The molecule has 2 unspecified atom stereocenters. The lowest BCUT2D eigenvalue weighted by molar-refractivity contribution is -0.131. The number of hydrogen-bond acceptors (Lipinski definition) is 2. The number of nitrogens with zero attached hydrogens (tertiary/aromatic N) is 1. The first kappa shape index (κ1) is 12.9. The molecule has 3 nitrogen and oxygen atoms in total. The van der Waals surface area contributed by atoms with Crippen LogP contribution in [-0.2, 0) is 4.79 Å². The van der Waals surface area contributed by atoms with Gasteiger partial charge in [0, 0.05) is 12.6 Å². The lowest BCUT2D eigenvalue weighted by Gasteiger charge is -2.27. The van der Waals surface area contributed by atoms with Crippen molar-refractivity contribution in [1.82, 2.24) is 10.2 Å². The van der Waals surface area contributed by atoms with Gasteiger partial charge >= 0.3 is 0 Å². The molecular weight excluding hydrogens is 212 g/mol. The number of nitrogens with one attached hydrogen (secondary N) is 1. The first-order valence-electron chi connectivity index (χ1n) is 7.30. The van der Waals surface area contributed by atoms with E-state index in [1.165, 1.54) is 19.3 Å². The van der Waals surface area contributed by atoms with Crippen LogP contribution in [0, 0.1) is 5.92 Å². The molecule has 1 saturated carbocycles. The lowest BCUT2D eigenvalue weighted by atomic mass is 10.1. The fourth-order valence-electron chi connectivity index (χ4n) is 2.83. The molecule has 0 aromatic heterocycles. The second-order valence-electron chi connectivity index (χ2n) is 5.57. The SMILES string of the molecule is CCCNC1CCN(C(CC)CC2CC2)C1=O. The van der Waals surface area contributed by atoms with Crippen LogP contribution < -0.4 is 5.32 Å². The van der Waals surface area contributed by atoms with Crippen LogP contribution in [0.15, 0.2) is 0 Å². The summed E-state index contributed by atoms with van der Waals surface area (Å²) in [6, 6.07) is 0.603. The van der Waals surface area contributed by atoms with Crippen molar-refractivity contribution >= 4 is 5.91 Å². The van der Waals surface area contributed by atoms with Crippen LogP contribution in [0.5, 0.6) is 0 Å². The molecule has 1 heterocycles. The summed E-state index contributed by atoms with van der Waals surface area (Å²) in [5, 5.41) is 3.37. The molecule has 2 rings (SSSR count). The molecular formula is C14H26N2O. The summed E-state index contributed by atoms with van der Waals surface area (Å²) >= 11 is 0. The highest BCUT2D eigenvalue weighted by Gasteiger charge is 2.36. The molecule has 3 heteroatoms. The third kappa shape index (κ3) is 3.21. The van der Waals surface area contributed by atoms with Crippen molar-refractivity contribution in [2.75, 3.05) is 13.1 Å². The fourth-order valence-corrected chi connectivity index (χ4v) is 2.83. The monoisotopic (exact) mass is 238 g/mol. The van der Waals surface area contributed by atoms with Gasteiger partial charge in [-0.05, 0) is 38.1 Å². The zero-order valence-electron chi connectivity index (χ0n) is 11.2. The minimum absolute atomic E-state index is 0.100. The number of amides is 1. The first-order valence-corrected chi connectivity index (χ1v) is 7.30. The maximum Gasteiger partial charge on any atom is 0.240 e. The molecule has 1 amide bonds. The minimum atomic E-state index is 0.100. The maximum atomic E-state index is 12.3. The van der Waals surface area contributed by atoms with Gasteiger partial charge in [0.15, 0.2) is 0 Å². The van der Waals surface area contributed by atoms with Gasteiger partial charge in [0.2, 0.25) is 5.91 Å². The Kier molecular flexibility index (Phi) is 4.43. The van der Waals surface area contributed by atoms with Gasteiger partial charge in [0.25, 0.3) is 0 Å². The quantitative estimate of drug-likeness (QED) is 0.737. The molecule has 1 saturated heterocycles. The minimum Gasteiger partial charge on any atom is -0.338 e. The van der Waals surface area contributed by atoms with Gasteiger partial charge in [-0.25, -0.2) is 0 Å². The second-order valence-corrected chi connectivity index (χ2v) is 5.57. The molecule has 0 aromatic carbocycles. The van der Waals surface area contributed by atoms with Crippen LogP contribution in [0.25, 0.3) is 0 Å². The molecule has 2 fully saturated rings. The molecule has 0 aromatic rings. The standard InChI is InChI=1S/C14H26N2O/c1-3-8-15-13-7-9-16(14(13)17)12(4-2)10-11-5-6-11/h11-13,15H,3-10H2,1-2H3. The van der Waals surface area contributed by atoms with E-state index in [2.05, 4.69) is 24.1 Å². The van der Waals surface area contributed by atoms with Crippen LogP contribution in [-0.4, -0.2) is 36.0 Å². The maximum absolute atomic E-state index is 12.3. The largest absolute Gasteiger partial charge is 0.338 e. The third-order valence-corrected chi connectivity index (χ3v) is 4.09. The zero-order valence-corrected chi connectivity index (χ0v) is 11.2. The molecule has 1 aliphatic carbocycles. The highest BCUT2D eigenvalue weighted by Crippen LogP contribution is 2.36. The summed E-state index contributed by atoms with van der Waals surface area (Å²) in [6.45, 7) is 6.29. The molecule has 1 aliphatic heterocycles. The van der Waals surface area contributed by atoms with E-state index in [0.29, 0.717) is 11.9 Å². The van der Waals surface area contributed by atoms with Gasteiger partial charge in [-0.3, -0.25) is 4.79 Å². The number of hydrogen-bond donors (Lipinski definition) is 1. The molecule has 0 bridgehead atoms. The first-order chi connectivity index (χ1) is 8.26. The Morgan fingerprint density at radius 2 is 2.12 bits per heavy atom. The van der Waals surface area contributed by atoms with E-state index in [9.17, 15) is 4.79 Å². The Labute approximate surface area is 105 Å². The Morgan fingerprint density at radius 1 is 1.35 bits per heavy atom. The van der Waals surface area contributed by atoms with Crippen molar-refractivity contribution in [3.63, 3.8) is 0 Å². The average molecular weight is 238 g/mol. The molecule has 0 radical (unpaired) electrons. The Hall–Kier alpha value is -0.570. The zero-order chi connectivity index (χ0) is 12.3. The number of likely N-dealkylation sites (tertiary alicyclic amines) is 1. The van der Waals surface area contributed by atoms with Gasteiger partial charge in [-0.15, -0.1) is 0 Å². The molecule has 2 aliphatic rings. The molecule has 17 heavy (non-hydrogen) atoms. The van der Waals surface area contributed by atoms with Crippen LogP contribution in [0.4, 0.5) is 0 Å². The van der Waals surface area contributed by atoms with Crippen molar-refractivity contribution in [2.45, 2.75) is 64.5 Å². The van der Waals surface area contributed by atoms with Crippen LogP contribution in [0.1, 0.15) is 52.4 Å². The average Bonchev–Trinajstić information content (AvgIpc) is 3.08. The fraction of sp³-hybridized carbons (Fsp3) is 0.929. The van der Waals surface area contributed by atoms with Crippen molar-refractivity contribution in [3.8, 4) is 0 Å². The predicted molar refractivity (Wildman–Crippen MR) is 69.8 cm³/mol. The van der Waals surface area contributed by atoms with Gasteiger partial charge < -0.3 is 10.2 Å². The summed E-state index contributed by atoms with van der Waals surface area (Å²) < 4.78 is 0. The number of carbonyl (C=O) groups is 1. The van der Waals surface area contributed by atoms with Crippen molar-refractivity contribution in [2.24, 2.45) is 5.92 Å². The van der Waals surface area contributed by atoms with E-state index in [4.69, 9.17) is 0 Å².